The monoisotopic (exact) mass is 423 g/mol. The number of hydrogen-bond acceptors (Lipinski definition) is 4. The first kappa shape index (κ1) is 20.8. The van der Waals surface area contributed by atoms with Crippen LogP contribution in [0.15, 0.2) is 60.1 Å². The van der Waals surface area contributed by atoms with Gasteiger partial charge in [-0.1, -0.05) is 30.3 Å². The van der Waals surface area contributed by atoms with Gasteiger partial charge in [0.15, 0.2) is 0 Å². The lowest BCUT2D eigenvalue weighted by Crippen LogP contribution is -2.44. The second-order valence-corrected chi connectivity index (χ2v) is 9.08. The fourth-order valence-electron chi connectivity index (χ4n) is 4.04. The standard InChI is InChI=1S/C24H29N3O2S/c1-18-14-26(15-19(2)29-18)16-21-9-7-20(8-10-21)13-25-24(28)23-6-3-11-27(23)17-22-5-4-12-30-22/h3-12,18-19H,13-17H2,1-2H3,(H,25,28). The molecule has 1 fully saturated rings. The maximum Gasteiger partial charge on any atom is 0.268 e. The molecule has 4 rings (SSSR count). The Morgan fingerprint density at radius 2 is 1.77 bits per heavy atom. The molecule has 1 aliphatic rings. The van der Waals surface area contributed by atoms with Crippen molar-refractivity contribution >= 4 is 17.2 Å². The molecule has 2 atom stereocenters. The van der Waals surface area contributed by atoms with Gasteiger partial charge in [-0.05, 0) is 48.6 Å². The van der Waals surface area contributed by atoms with E-state index in [2.05, 4.69) is 59.8 Å². The lowest BCUT2D eigenvalue weighted by Gasteiger charge is -2.35. The van der Waals surface area contributed by atoms with E-state index in [1.807, 2.05) is 29.0 Å². The van der Waals surface area contributed by atoms with Crippen LogP contribution in [0.2, 0.25) is 0 Å². The minimum Gasteiger partial charge on any atom is -0.373 e. The molecular formula is C24H29N3O2S. The maximum absolute atomic E-state index is 12.7. The molecule has 1 aliphatic heterocycles. The second-order valence-electron chi connectivity index (χ2n) is 8.05. The Morgan fingerprint density at radius 3 is 2.47 bits per heavy atom. The van der Waals surface area contributed by atoms with E-state index in [-0.39, 0.29) is 18.1 Å². The van der Waals surface area contributed by atoms with Crippen LogP contribution >= 0.6 is 11.3 Å². The summed E-state index contributed by atoms with van der Waals surface area (Å²) in [6, 6.07) is 16.4. The Hall–Kier alpha value is -2.41. The van der Waals surface area contributed by atoms with Crippen LogP contribution in [-0.4, -0.2) is 40.7 Å². The van der Waals surface area contributed by atoms with Gasteiger partial charge in [-0.25, -0.2) is 0 Å². The number of morpholine rings is 1. The number of benzene rings is 1. The predicted octanol–water partition coefficient (Wildman–Crippen LogP) is 4.14. The number of rotatable bonds is 7. The van der Waals surface area contributed by atoms with Crippen molar-refractivity contribution in [2.24, 2.45) is 0 Å². The van der Waals surface area contributed by atoms with Crippen LogP contribution < -0.4 is 5.32 Å². The van der Waals surface area contributed by atoms with Crippen LogP contribution in [0.4, 0.5) is 0 Å². The number of amides is 1. The number of ether oxygens (including phenoxy) is 1. The van der Waals surface area contributed by atoms with Crippen molar-refractivity contribution in [3.8, 4) is 0 Å². The van der Waals surface area contributed by atoms with Gasteiger partial charge >= 0.3 is 0 Å². The predicted molar refractivity (Wildman–Crippen MR) is 121 cm³/mol. The summed E-state index contributed by atoms with van der Waals surface area (Å²) in [5.74, 6) is -0.0445. The average Bonchev–Trinajstić information content (AvgIpc) is 3.39. The summed E-state index contributed by atoms with van der Waals surface area (Å²) in [5, 5.41) is 5.11. The molecule has 1 amide bonds. The smallest absolute Gasteiger partial charge is 0.268 e. The number of thiophene rings is 1. The first-order valence-electron chi connectivity index (χ1n) is 10.5. The van der Waals surface area contributed by atoms with Crippen molar-refractivity contribution in [2.75, 3.05) is 13.1 Å². The van der Waals surface area contributed by atoms with E-state index < -0.39 is 0 Å². The van der Waals surface area contributed by atoms with Crippen molar-refractivity contribution in [1.29, 1.82) is 0 Å². The Labute approximate surface area is 182 Å². The largest absolute Gasteiger partial charge is 0.373 e. The van der Waals surface area contributed by atoms with E-state index in [0.29, 0.717) is 12.2 Å². The van der Waals surface area contributed by atoms with Gasteiger partial charge in [-0.2, -0.15) is 0 Å². The molecule has 6 heteroatoms. The summed E-state index contributed by atoms with van der Waals surface area (Å²) in [6.45, 7) is 8.37. The quantitative estimate of drug-likeness (QED) is 0.621. The molecule has 5 nitrogen and oxygen atoms in total. The van der Waals surface area contributed by atoms with Gasteiger partial charge in [-0.3, -0.25) is 9.69 Å². The molecule has 0 aliphatic carbocycles. The molecule has 1 aromatic carbocycles. The molecule has 3 aromatic rings. The number of hydrogen-bond donors (Lipinski definition) is 1. The molecule has 0 spiro atoms. The molecule has 3 heterocycles. The van der Waals surface area contributed by atoms with Gasteiger partial charge < -0.3 is 14.6 Å². The third kappa shape index (κ3) is 5.39. The van der Waals surface area contributed by atoms with Crippen LogP contribution in [0.1, 0.15) is 40.3 Å². The van der Waals surface area contributed by atoms with E-state index in [1.165, 1.54) is 10.4 Å². The number of nitrogens with zero attached hydrogens (tertiary/aromatic N) is 2. The highest BCUT2D eigenvalue weighted by molar-refractivity contribution is 7.09. The third-order valence-electron chi connectivity index (χ3n) is 5.35. The summed E-state index contributed by atoms with van der Waals surface area (Å²) < 4.78 is 7.81. The van der Waals surface area contributed by atoms with Gasteiger partial charge in [0.05, 0.1) is 18.8 Å². The Morgan fingerprint density at radius 1 is 1.03 bits per heavy atom. The van der Waals surface area contributed by atoms with Crippen LogP contribution in [0.5, 0.6) is 0 Å². The fraction of sp³-hybridized carbons (Fsp3) is 0.375. The highest BCUT2D eigenvalue weighted by Gasteiger charge is 2.22. The summed E-state index contributed by atoms with van der Waals surface area (Å²) in [6.07, 6.45) is 2.51. The van der Waals surface area contributed by atoms with Crippen LogP contribution in [-0.2, 0) is 24.4 Å². The van der Waals surface area contributed by atoms with Crippen LogP contribution in [0.3, 0.4) is 0 Å². The molecule has 0 bridgehead atoms. The number of aromatic nitrogens is 1. The molecule has 30 heavy (non-hydrogen) atoms. The summed E-state index contributed by atoms with van der Waals surface area (Å²) in [4.78, 5) is 16.4. The minimum absolute atomic E-state index is 0.0445. The van der Waals surface area contributed by atoms with Crippen LogP contribution in [0, 0.1) is 0 Å². The number of nitrogens with one attached hydrogen (secondary N) is 1. The lowest BCUT2D eigenvalue weighted by molar-refractivity contribution is -0.0704. The van der Waals surface area contributed by atoms with Crippen molar-refractivity contribution in [3.05, 3.63) is 81.8 Å². The van der Waals surface area contributed by atoms with Gasteiger partial charge in [0.25, 0.3) is 5.91 Å². The summed E-state index contributed by atoms with van der Waals surface area (Å²) >= 11 is 1.70. The molecule has 158 valence electrons. The molecule has 1 saturated heterocycles. The number of carbonyl (C=O) groups is 1. The normalized spacial score (nSPS) is 19.7. The Bertz CT molecular complexity index is 939. The van der Waals surface area contributed by atoms with E-state index in [0.717, 1.165) is 31.7 Å². The summed E-state index contributed by atoms with van der Waals surface area (Å²) in [7, 11) is 0. The van der Waals surface area contributed by atoms with Crippen molar-refractivity contribution in [2.45, 2.75) is 45.7 Å². The first-order chi connectivity index (χ1) is 14.6. The fourth-order valence-corrected chi connectivity index (χ4v) is 4.74. The third-order valence-corrected chi connectivity index (χ3v) is 6.21. The van der Waals surface area contributed by atoms with Gasteiger partial charge in [0, 0.05) is 37.3 Å². The molecule has 1 N–H and O–H groups in total. The molecule has 0 saturated carbocycles. The zero-order valence-electron chi connectivity index (χ0n) is 17.6. The second kappa shape index (κ2) is 9.60. The van der Waals surface area contributed by atoms with E-state index in [9.17, 15) is 4.79 Å². The zero-order chi connectivity index (χ0) is 20.9. The molecular weight excluding hydrogens is 394 g/mol. The SMILES string of the molecule is CC1CN(Cc2ccc(CNC(=O)c3cccn3Cc3cccs3)cc2)CC(C)O1. The topological polar surface area (TPSA) is 46.5 Å². The molecule has 2 aromatic heterocycles. The Balaban J connectivity index is 1.30. The van der Waals surface area contributed by atoms with Crippen molar-refractivity contribution in [3.63, 3.8) is 0 Å². The lowest BCUT2D eigenvalue weighted by atomic mass is 10.1. The van der Waals surface area contributed by atoms with E-state index in [1.54, 1.807) is 11.3 Å². The average molecular weight is 424 g/mol. The number of carbonyl (C=O) groups excluding carboxylic acids is 1. The first-order valence-corrected chi connectivity index (χ1v) is 11.4. The van der Waals surface area contributed by atoms with Crippen molar-refractivity contribution in [1.82, 2.24) is 14.8 Å². The molecule has 0 radical (unpaired) electrons. The summed E-state index contributed by atoms with van der Waals surface area (Å²) in [5.41, 5.74) is 3.08. The maximum atomic E-state index is 12.7. The van der Waals surface area contributed by atoms with E-state index >= 15 is 0 Å². The van der Waals surface area contributed by atoms with Gasteiger partial charge in [0.2, 0.25) is 0 Å². The molecule has 2 unspecified atom stereocenters. The Kier molecular flexibility index (Phi) is 6.67. The van der Waals surface area contributed by atoms with Crippen molar-refractivity contribution < 1.29 is 9.53 Å². The highest BCUT2D eigenvalue weighted by Crippen LogP contribution is 2.16. The highest BCUT2D eigenvalue weighted by atomic mass is 32.1. The van der Waals surface area contributed by atoms with E-state index in [4.69, 9.17) is 4.74 Å². The van der Waals surface area contributed by atoms with Gasteiger partial charge in [0.1, 0.15) is 5.69 Å². The zero-order valence-corrected chi connectivity index (χ0v) is 18.4. The van der Waals surface area contributed by atoms with Crippen LogP contribution in [0.25, 0.3) is 0 Å². The van der Waals surface area contributed by atoms with Gasteiger partial charge in [-0.15, -0.1) is 11.3 Å². The minimum atomic E-state index is -0.0445.